The van der Waals surface area contributed by atoms with Gasteiger partial charge < -0.3 is 20.3 Å². The highest BCUT2D eigenvalue weighted by atomic mass is 16.5. The fourth-order valence-corrected chi connectivity index (χ4v) is 4.06. The Morgan fingerprint density at radius 2 is 2.12 bits per heavy atom. The Balaban J connectivity index is 1.99. The molecule has 0 saturated carbocycles. The number of carbonyl (C=O) groups is 2. The average Bonchev–Trinajstić information content (AvgIpc) is 2.61. The molecule has 0 aliphatic carbocycles. The molecule has 0 bridgehead atoms. The summed E-state index contributed by atoms with van der Waals surface area (Å²) in [5.74, 6) is 0.260. The van der Waals surface area contributed by atoms with E-state index in [9.17, 15) is 9.59 Å². The minimum Gasteiger partial charge on any atom is -0.466 e. The number of carbonyl (C=O) groups excluding carboxylic acids is 2. The second-order valence-electron chi connectivity index (χ2n) is 7.40. The Bertz CT molecular complexity index is 729. The first kappa shape index (κ1) is 18.5. The molecule has 0 radical (unpaired) electrons. The molecule has 140 valence electrons. The summed E-state index contributed by atoms with van der Waals surface area (Å²) >= 11 is 0. The van der Waals surface area contributed by atoms with Crippen LogP contribution in [-0.2, 0) is 9.53 Å². The summed E-state index contributed by atoms with van der Waals surface area (Å²) in [4.78, 5) is 26.3. The average molecular weight is 358 g/mol. The van der Waals surface area contributed by atoms with Crippen LogP contribution < -0.4 is 15.5 Å². The molecule has 0 spiro atoms. The summed E-state index contributed by atoms with van der Waals surface area (Å²) < 4.78 is 5.06. The number of ether oxygens (including phenoxy) is 1. The van der Waals surface area contributed by atoms with Gasteiger partial charge in [0.15, 0.2) is 0 Å². The molecular weight excluding hydrogens is 330 g/mol. The van der Waals surface area contributed by atoms with E-state index in [1.165, 1.54) is 24.9 Å². The topological polar surface area (TPSA) is 71.9 Å². The van der Waals surface area contributed by atoms with Crippen LogP contribution in [0.15, 0.2) is 35.5 Å². The van der Waals surface area contributed by atoms with Gasteiger partial charge in [-0.1, -0.05) is 31.2 Å². The lowest BCUT2D eigenvalue weighted by atomic mass is 9.91. The van der Waals surface area contributed by atoms with Crippen LogP contribution in [0.5, 0.6) is 0 Å². The van der Waals surface area contributed by atoms with E-state index in [1.807, 2.05) is 31.2 Å². The third-order valence-electron chi connectivity index (χ3n) is 5.35. The van der Waals surface area contributed by atoms with Crippen LogP contribution in [0, 0.1) is 12.8 Å². The molecule has 1 fully saturated rings. The van der Waals surface area contributed by atoms with Gasteiger partial charge in [0, 0.05) is 5.92 Å². The number of piperidine rings is 1. The summed E-state index contributed by atoms with van der Waals surface area (Å²) in [5, 5.41) is 5.77. The standard InChI is InChI=1S/C20H27N3O3/c1-13-7-6-10-23(11-13)12-16-17(19(24)26-3)18(22-20(25)21-16)15-9-5-4-8-14(15)2/h4-5,8-9,13,18H,6-7,10-12H2,1-3H3,(H2,21,22,25)/p+1/t13-,18+/m0/s1. The Kier molecular flexibility index (Phi) is 5.61. The van der Waals surface area contributed by atoms with Crippen molar-refractivity contribution in [1.29, 1.82) is 0 Å². The second kappa shape index (κ2) is 7.91. The highest BCUT2D eigenvalue weighted by molar-refractivity contribution is 5.95. The predicted octanol–water partition coefficient (Wildman–Crippen LogP) is 1.09. The van der Waals surface area contributed by atoms with Crippen molar-refractivity contribution in [3.05, 3.63) is 46.7 Å². The van der Waals surface area contributed by atoms with E-state index in [4.69, 9.17) is 4.74 Å². The van der Waals surface area contributed by atoms with E-state index in [1.54, 1.807) is 0 Å². The van der Waals surface area contributed by atoms with Crippen molar-refractivity contribution >= 4 is 12.0 Å². The number of hydrogen-bond donors (Lipinski definition) is 3. The number of amides is 2. The Labute approximate surface area is 154 Å². The van der Waals surface area contributed by atoms with Crippen molar-refractivity contribution in [2.45, 2.75) is 32.7 Å². The minimum atomic E-state index is -0.492. The van der Waals surface area contributed by atoms with Crippen LogP contribution in [0.25, 0.3) is 0 Å². The normalized spacial score (nSPS) is 26.1. The molecule has 6 heteroatoms. The van der Waals surface area contributed by atoms with Gasteiger partial charge in [-0.2, -0.15) is 0 Å². The molecule has 2 amide bonds. The van der Waals surface area contributed by atoms with Crippen molar-refractivity contribution in [3.8, 4) is 0 Å². The van der Waals surface area contributed by atoms with Gasteiger partial charge in [-0.3, -0.25) is 0 Å². The van der Waals surface area contributed by atoms with Gasteiger partial charge in [-0.15, -0.1) is 0 Å². The van der Waals surface area contributed by atoms with E-state index >= 15 is 0 Å². The van der Waals surface area contributed by atoms with Crippen molar-refractivity contribution in [2.75, 3.05) is 26.7 Å². The monoisotopic (exact) mass is 358 g/mol. The molecule has 1 unspecified atom stereocenters. The maximum atomic E-state index is 12.6. The summed E-state index contributed by atoms with van der Waals surface area (Å²) in [6.07, 6.45) is 2.41. The number of hydrogen-bond acceptors (Lipinski definition) is 3. The number of nitrogens with one attached hydrogen (secondary N) is 3. The third kappa shape index (κ3) is 3.90. The summed E-state index contributed by atoms with van der Waals surface area (Å²) in [6, 6.07) is 7.03. The zero-order chi connectivity index (χ0) is 18.7. The minimum absolute atomic E-state index is 0.273. The van der Waals surface area contributed by atoms with Crippen LogP contribution in [0.4, 0.5) is 4.79 Å². The third-order valence-corrected chi connectivity index (χ3v) is 5.35. The van der Waals surface area contributed by atoms with E-state index in [0.717, 1.165) is 24.2 Å². The molecule has 2 heterocycles. The predicted molar refractivity (Wildman–Crippen MR) is 98.6 cm³/mol. The molecular formula is C20H28N3O3+. The van der Waals surface area contributed by atoms with Gasteiger partial charge in [-0.05, 0) is 30.9 Å². The van der Waals surface area contributed by atoms with E-state index in [-0.39, 0.29) is 6.03 Å². The maximum absolute atomic E-state index is 12.6. The summed E-state index contributed by atoms with van der Waals surface area (Å²) in [6.45, 7) is 6.98. The van der Waals surface area contributed by atoms with Crippen molar-refractivity contribution in [2.24, 2.45) is 5.92 Å². The van der Waals surface area contributed by atoms with Crippen LogP contribution in [-0.4, -0.2) is 38.7 Å². The first-order valence-electron chi connectivity index (χ1n) is 9.27. The van der Waals surface area contributed by atoms with Crippen LogP contribution >= 0.6 is 0 Å². The number of benzene rings is 1. The van der Waals surface area contributed by atoms with Crippen molar-refractivity contribution in [3.63, 3.8) is 0 Å². The van der Waals surface area contributed by atoms with Gasteiger partial charge in [-0.25, -0.2) is 9.59 Å². The summed E-state index contributed by atoms with van der Waals surface area (Å²) in [5.41, 5.74) is 3.13. The van der Waals surface area contributed by atoms with Crippen LogP contribution in [0.1, 0.15) is 36.9 Å². The van der Waals surface area contributed by atoms with Crippen LogP contribution in [0.3, 0.4) is 0 Å². The maximum Gasteiger partial charge on any atom is 0.338 e. The number of aryl methyl sites for hydroxylation is 1. The van der Waals surface area contributed by atoms with E-state index in [2.05, 4.69) is 17.6 Å². The molecule has 1 aromatic rings. The van der Waals surface area contributed by atoms with Gasteiger partial charge in [0.05, 0.1) is 37.5 Å². The SMILES string of the molecule is COC(=O)C1=C(C[NH+]2CCC[C@H](C)C2)NC(=O)N[C@@H]1c1ccccc1C. The highest BCUT2D eigenvalue weighted by Crippen LogP contribution is 2.29. The Morgan fingerprint density at radius 1 is 1.35 bits per heavy atom. The smallest absolute Gasteiger partial charge is 0.338 e. The molecule has 26 heavy (non-hydrogen) atoms. The number of methoxy groups -OCH3 is 1. The zero-order valence-corrected chi connectivity index (χ0v) is 15.7. The Hall–Kier alpha value is -2.34. The Morgan fingerprint density at radius 3 is 2.81 bits per heavy atom. The highest BCUT2D eigenvalue weighted by Gasteiger charge is 2.36. The first-order valence-corrected chi connectivity index (χ1v) is 9.27. The molecule has 3 rings (SSSR count). The molecule has 0 aromatic heterocycles. The van der Waals surface area contributed by atoms with Gasteiger partial charge in [0.25, 0.3) is 0 Å². The van der Waals surface area contributed by atoms with E-state index < -0.39 is 12.0 Å². The van der Waals surface area contributed by atoms with Crippen LogP contribution in [0.2, 0.25) is 0 Å². The van der Waals surface area contributed by atoms with Gasteiger partial charge in [0.1, 0.15) is 6.54 Å². The molecule has 1 aromatic carbocycles. The lowest BCUT2D eigenvalue weighted by Gasteiger charge is -2.33. The van der Waals surface area contributed by atoms with Crippen molar-refractivity contribution < 1.29 is 19.2 Å². The second-order valence-corrected chi connectivity index (χ2v) is 7.40. The van der Waals surface area contributed by atoms with Gasteiger partial charge >= 0.3 is 12.0 Å². The largest absolute Gasteiger partial charge is 0.466 e. The van der Waals surface area contributed by atoms with Gasteiger partial charge in [0.2, 0.25) is 0 Å². The molecule has 6 nitrogen and oxygen atoms in total. The zero-order valence-electron chi connectivity index (χ0n) is 15.7. The lowest BCUT2D eigenvalue weighted by molar-refractivity contribution is -0.904. The number of quaternary nitrogens is 1. The molecule has 2 aliphatic heterocycles. The molecule has 3 atom stereocenters. The quantitative estimate of drug-likeness (QED) is 0.706. The lowest BCUT2D eigenvalue weighted by Crippen LogP contribution is -3.14. The molecule has 1 saturated heterocycles. The number of urea groups is 1. The van der Waals surface area contributed by atoms with E-state index in [0.29, 0.717) is 23.7 Å². The number of esters is 1. The number of likely N-dealkylation sites (tertiary alicyclic amines) is 1. The molecule has 3 N–H and O–H groups in total. The fraction of sp³-hybridized carbons (Fsp3) is 0.500. The fourth-order valence-electron chi connectivity index (χ4n) is 4.06. The molecule has 2 aliphatic rings. The van der Waals surface area contributed by atoms with Crippen molar-refractivity contribution in [1.82, 2.24) is 10.6 Å². The number of rotatable bonds is 4. The first-order chi connectivity index (χ1) is 12.5. The summed E-state index contributed by atoms with van der Waals surface area (Å²) in [7, 11) is 1.38.